The lowest BCUT2D eigenvalue weighted by Crippen LogP contribution is -2.25. The first-order valence-electron chi connectivity index (χ1n) is 6.67. The topological polar surface area (TPSA) is 77.1 Å². The second-order valence-corrected chi connectivity index (χ2v) is 5.45. The summed E-state index contributed by atoms with van der Waals surface area (Å²) in [6.45, 7) is 0.458. The number of azo groups is 1. The number of nitro benzene ring substituents is 1. The van der Waals surface area contributed by atoms with Crippen molar-refractivity contribution in [2.45, 2.75) is 11.4 Å². The van der Waals surface area contributed by atoms with Gasteiger partial charge >= 0.3 is 0 Å². The SMILES string of the molecule is O=[N+]([O-])c1ccc(N=NC2(Cl)CCOc3ccccc32)cc1. The van der Waals surface area contributed by atoms with Crippen molar-refractivity contribution in [1.82, 2.24) is 0 Å². The van der Waals surface area contributed by atoms with Gasteiger partial charge in [-0.2, -0.15) is 10.2 Å². The van der Waals surface area contributed by atoms with E-state index < -0.39 is 9.92 Å². The Hall–Kier alpha value is -2.47. The molecule has 0 N–H and O–H groups in total. The van der Waals surface area contributed by atoms with Crippen LogP contribution >= 0.6 is 11.6 Å². The van der Waals surface area contributed by atoms with E-state index in [0.717, 1.165) is 5.56 Å². The van der Waals surface area contributed by atoms with Crippen LogP contribution in [0.15, 0.2) is 58.8 Å². The van der Waals surface area contributed by atoms with E-state index in [1.165, 1.54) is 24.3 Å². The van der Waals surface area contributed by atoms with Gasteiger partial charge in [0, 0.05) is 24.1 Å². The summed E-state index contributed by atoms with van der Waals surface area (Å²) in [4.78, 5) is 9.19. The fourth-order valence-corrected chi connectivity index (χ4v) is 2.49. The van der Waals surface area contributed by atoms with Crippen LogP contribution in [0.25, 0.3) is 0 Å². The van der Waals surface area contributed by atoms with Gasteiger partial charge in [0.25, 0.3) is 5.69 Å². The molecular formula is C15H12ClN3O3. The van der Waals surface area contributed by atoms with Crippen molar-refractivity contribution in [2.75, 3.05) is 6.61 Å². The molecule has 0 saturated heterocycles. The van der Waals surface area contributed by atoms with Gasteiger partial charge in [-0.15, -0.1) is 0 Å². The maximum absolute atomic E-state index is 10.6. The molecule has 0 aromatic heterocycles. The Kier molecular flexibility index (Phi) is 3.77. The summed E-state index contributed by atoms with van der Waals surface area (Å²) >= 11 is 6.59. The molecule has 0 bridgehead atoms. The second kappa shape index (κ2) is 5.73. The van der Waals surface area contributed by atoms with Crippen molar-refractivity contribution < 1.29 is 9.66 Å². The van der Waals surface area contributed by atoms with Gasteiger partial charge < -0.3 is 4.74 Å². The van der Waals surface area contributed by atoms with Crippen molar-refractivity contribution in [3.63, 3.8) is 0 Å². The summed E-state index contributed by atoms with van der Waals surface area (Å²) in [6, 6.07) is 13.3. The van der Waals surface area contributed by atoms with Crippen LogP contribution in [-0.2, 0) is 5.00 Å². The third-order valence-electron chi connectivity index (χ3n) is 3.38. The number of benzene rings is 2. The van der Waals surface area contributed by atoms with Gasteiger partial charge in [-0.25, -0.2) is 0 Å². The number of hydrogen-bond acceptors (Lipinski definition) is 5. The van der Waals surface area contributed by atoms with Crippen molar-refractivity contribution in [1.29, 1.82) is 0 Å². The minimum Gasteiger partial charge on any atom is -0.493 e. The van der Waals surface area contributed by atoms with E-state index >= 15 is 0 Å². The average molecular weight is 318 g/mol. The highest BCUT2D eigenvalue weighted by molar-refractivity contribution is 6.24. The molecule has 2 aromatic carbocycles. The van der Waals surface area contributed by atoms with Gasteiger partial charge in [0.2, 0.25) is 0 Å². The largest absolute Gasteiger partial charge is 0.493 e. The molecule has 1 aliphatic heterocycles. The predicted molar refractivity (Wildman–Crippen MR) is 81.7 cm³/mol. The van der Waals surface area contributed by atoms with E-state index in [2.05, 4.69) is 10.2 Å². The summed E-state index contributed by atoms with van der Waals surface area (Å²) < 4.78 is 5.55. The zero-order valence-electron chi connectivity index (χ0n) is 11.5. The average Bonchev–Trinajstić information content (AvgIpc) is 2.54. The standard InChI is InChI=1S/C15H12ClN3O3/c16-15(9-10-22-14-4-2-1-3-13(14)15)18-17-11-5-7-12(8-6-11)19(20)21/h1-8H,9-10H2. The predicted octanol–water partition coefficient (Wildman–Crippen LogP) is 4.55. The first-order valence-corrected chi connectivity index (χ1v) is 7.05. The van der Waals surface area contributed by atoms with Crippen LogP contribution in [-0.4, -0.2) is 11.5 Å². The third kappa shape index (κ3) is 2.78. The van der Waals surface area contributed by atoms with Crippen molar-refractivity contribution >= 4 is 23.0 Å². The molecule has 1 atom stereocenters. The fraction of sp³-hybridized carbons (Fsp3) is 0.200. The van der Waals surface area contributed by atoms with Crippen molar-refractivity contribution in [3.8, 4) is 5.75 Å². The minimum atomic E-state index is -0.976. The molecule has 1 heterocycles. The molecule has 0 aliphatic carbocycles. The van der Waals surface area contributed by atoms with E-state index in [-0.39, 0.29) is 5.69 Å². The summed E-state index contributed by atoms with van der Waals surface area (Å²) in [5.41, 5.74) is 1.29. The van der Waals surface area contributed by atoms with Crippen LogP contribution in [0.5, 0.6) is 5.75 Å². The number of para-hydroxylation sites is 1. The summed E-state index contributed by atoms with van der Waals surface area (Å²) in [5.74, 6) is 0.700. The number of halogens is 1. The first kappa shape index (κ1) is 14.5. The van der Waals surface area contributed by atoms with Crippen LogP contribution in [0.1, 0.15) is 12.0 Å². The van der Waals surface area contributed by atoms with E-state index in [9.17, 15) is 10.1 Å². The monoisotopic (exact) mass is 317 g/mol. The number of nitro groups is 1. The number of hydrogen-bond donors (Lipinski definition) is 0. The van der Waals surface area contributed by atoms with Crippen LogP contribution in [0.2, 0.25) is 0 Å². The smallest absolute Gasteiger partial charge is 0.269 e. The molecular weight excluding hydrogens is 306 g/mol. The zero-order chi connectivity index (χ0) is 15.6. The maximum atomic E-state index is 10.6. The molecule has 1 aliphatic rings. The molecule has 0 spiro atoms. The highest BCUT2D eigenvalue weighted by atomic mass is 35.5. The molecule has 112 valence electrons. The molecule has 2 aromatic rings. The van der Waals surface area contributed by atoms with E-state index in [1.807, 2.05) is 24.3 Å². The van der Waals surface area contributed by atoms with Crippen LogP contribution < -0.4 is 4.74 Å². The number of non-ortho nitro benzene ring substituents is 1. The number of rotatable bonds is 3. The number of nitrogens with zero attached hydrogens (tertiary/aromatic N) is 3. The van der Waals surface area contributed by atoms with Gasteiger partial charge in [0.05, 0.1) is 17.2 Å². The Labute approximate surface area is 131 Å². The number of ether oxygens (including phenoxy) is 1. The highest BCUT2D eigenvalue weighted by Gasteiger charge is 2.36. The van der Waals surface area contributed by atoms with Crippen LogP contribution in [0.3, 0.4) is 0 Å². The lowest BCUT2D eigenvalue weighted by molar-refractivity contribution is -0.384. The molecule has 0 amide bonds. The Bertz CT molecular complexity index is 733. The Morgan fingerprint density at radius 3 is 2.64 bits per heavy atom. The van der Waals surface area contributed by atoms with Gasteiger partial charge in [0.1, 0.15) is 5.75 Å². The van der Waals surface area contributed by atoms with Crippen LogP contribution in [0, 0.1) is 10.1 Å². The molecule has 0 saturated carbocycles. The second-order valence-electron chi connectivity index (χ2n) is 4.83. The van der Waals surface area contributed by atoms with E-state index in [4.69, 9.17) is 16.3 Å². The van der Waals surface area contributed by atoms with Gasteiger partial charge in [-0.3, -0.25) is 10.1 Å². The van der Waals surface area contributed by atoms with E-state index in [0.29, 0.717) is 24.5 Å². The number of fused-ring (bicyclic) bond motifs is 1. The van der Waals surface area contributed by atoms with Gasteiger partial charge in [0.15, 0.2) is 5.00 Å². The lowest BCUT2D eigenvalue weighted by atomic mass is 10.0. The third-order valence-corrected chi connectivity index (χ3v) is 3.84. The Morgan fingerprint density at radius 1 is 1.18 bits per heavy atom. The minimum absolute atomic E-state index is 0.0101. The van der Waals surface area contributed by atoms with Crippen molar-refractivity contribution in [2.24, 2.45) is 10.2 Å². The molecule has 0 fully saturated rings. The number of alkyl halides is 1. The van der Waals surface area contributed by atoms with Gasteiger partial charge in [-0.05, 0) is 18.2 Å². The zero-order valence-corrected chi connectivity index (χ0v) is 12.2. The quantitative estimate of drug-likeness (QED) is 0.274. The Morgan fingerprint density at radius 2 is 1.91 bits per heavy atom. The maximum Gasteiger partial charge on any atom is 0.269 e. The van der Waals surface area contributed by atoms with Gasteiger partial charge in [-0.1, -0.05) is 29.8 Å². The summed E-state index contributed by atoms with van der Waals surface area (Å²) in [7, 11) is 0. The summed E-state index contributed by atoms with van der Waals surface area (Å²) in [6.07, 6.45) is 0.502. The Balaban J connectivity index is 1.87. The van der Waals surface area contributed by atoms with E-state index in [1.54, 1.807) is 0 Å². The molecule has 3 rings (SSSR count). The fourth-order valence-electron chi connectivity index (χ4n) is 2.22. The first-order chi connectivity index (χ1) is 10.6. The molecule has 1 unspecified atom stereocenters. The summed E-state index contributed by atoms with van der Waals surface area (Å²) in [5, 5.41) is 19.0. The van der Waals surface area contributed by atoms with Crippen LogP contribution in [0.4, 0.5) is 11.4 Å². The molecule has 0 radical (unpaired) electrons. The normalized spacial score (nSPS) is 20.4. The molecule has 7 heteroatoms. The highest BCUT2D eigenvalue weighted by Crippen LogP contribution is 2.43. The van der Waals surface area contributed by atoms with Crippen molar-refractivity contribution in [3.05, 3.63) is 64.2 Å². The molecule has 22 heavy (non-hydrogen) atoms. The lowest BCUT2D eigenvalue weighted by Gasteiger charge is -2.29. The molecule has 6 nitrogen and oxygen atoms in total.